The molecule has 4 saturated heterocycles. The normalized spacial score (nSPS) is 28.4. The van der Waals surface area contributed by atoms with Gasteiger partial charge in [0.1, 0.15) is 65.7 Å². The maximum absolute atomic E-state index is 15.7. The van der Waals surface area contributed by atoms with Gasteiger partial charge in [-0.05, 0) is 119 Å². The molecule has 0 aromatic heterocycles. The first kappa shape index (κ1) is 80.2. The van der Waals surface area contributed by atoms with Crippen molar-refractivity contribution in [2.24, 2.45) is 23.7 Å². The van der Waals surface area contributed by atoms with E-state index >= 15 is 33.2 Å². The SMILES string of the molecule is CC[C@H](C)[C@@H]1NC(=O)[C@H](CC(C)C)N(C)C(=O)C[C@@H](C(=O)N2CCOCC2)N(C)C(=O)[C@H](C2CCCC2)N(C)C(=O)C2(CCCC2)NC(=O)[C@@H]2CCCN2C(=O)[C@H](CCc2ccc(C(F)(F)F)c(F)c2)NC(=O)CN(C)C(=O)[C@H](CC2CCCCC2)N(C)C(=O)[C@@H]2CCN2C(=O)[C@H](C)N(C)C1=O. The van der Waals surface area contributed by atoms with Crippen molar-refractivity contribution in [3.63, 3.8) is 0 Å². The Morgan fingerprint density at radius 3 is 1.88 bits per heavy atom. The number of nitrogens with one attached hydrogen (secondary N) is 3. The molecule has 4 heterocycles. The van der Waals surface area contributed by atoms with E-state index in [-0.39, 0.29) is 108 Å². The number of morpholine rings is 1. The Morgan fingerprint density at radius 1 is 0.647 bits per heavy atom. The van der Waals surface area contributed by atoms with Crippen molar-refractivity contribution in [1.82, 2.24) is 60.0 Å². The number of hydrogen-bond acceptors (Lipinski definition) is 13. The molecule has 0 radical (unpaired) electrons. The predicted octanol–water partition coefficient (Wildman–Crippen LogP) is 4.90. The molecular formula is C73H110F4N12O13. The Hall–Kier alpha value is -7.46. The van der Waals surface area contributed by atoms with Gasteiger partial charge in [0.25, 0.3) is 0 Å². The zero-order valence-corrected chi connectivity index (χ0v) is 61.6. The number of likely N-dealkylation sites (N-methyl/N-ethyl adjacent to an activating group) is 6. The third kappa shape index (κ3) is 18.5. The van der Waals surface area contributed by atoms with Gasteiger partial charge in [0.15, 0.2) is 0 Å². The van der Waals surface area contributed by atoms with E-state index in [0.29, 0.717) is 50.7 Å². The highest BCUT2D eigenvalue weighted by Crippen LogP contribution is 2.39. The van der Waals surface area contributed by atoms with Crippen molar-refractivity contribution in [3.8, 4) is 0 Å². The lowest BCUT2D eigenvalue weighted by atomic mass is 9.84. The van der Waals surface area contributed by atoms with Gasteiger partial charge >= 0.3 is 6.18 Å². The molecule has 0 unspecified atom stereocenters. The second kappa shape index (κ2) is 34.9. The lowest BCUT2D eigenvalue weighted by Gasteiger charge is -2.45. The van der Waals surface area contributed by atoms with Crippen LogP contribution in [0, 0.1) is 29.5 Å². The molecule has 29 heteroatoms. The molecule has 8 rings (SSSR count). The van der Waals surface area contributed by atoms with Crippen LogP contribution in [0.3, 0.4) is 0 Å². The van der Waals surface area contributed by atoms with E-state index in [1.807, 2.05) is 20.8 Å². The maximum atomic E-state index is 15.7. The number of ether oxygens (including phenoxy) is 1. The summed E-state index contributed by atoms with van der Waals surface area (Å²) in [6.07, 6.45) is 3.25. The number of fused-ring (bicyclic) bond motifs is 2. The zero-order chi connectivity index (χ0) is 74.8. The average Bonchev–Trinajstić information content (AvgIpc) is 1.74. The van der Waals surface area contributed by atoms with E-state index < -0.39 is 173 Å². The zero-order valence-electron chi connectivity index (χ0n) is 61.6. The average molecular weight is 1440 g/mol. The van der Waals surface area contributed by atoms with Crippen LogP contribution in [0.1, 0.15) is 181 Å². The second-order valence-corrected chi connectivity index (χ2v) is 30.3. The van der Waals surface area contributed by atoms with E-state index in [9.17, 15) is 41.9 Å². The summed E-state index contributed by atoms with van der Waals surface area (Å²) in [7, 11) is 8.59. The van der Waals surface area contributed by atoms with Crippen molar-refractivity contribution >= 4 is 70.9 Å². The monoisotopic (exact) mass is 1440 g/mol. The highest BCUT2D eigenvalue weighted by molar-refractivity contribution is 6.01. The van der Waals surface area contributed by atoms with Crippen LogP contribution in [0.4, 0.5) is 17.6 Å². The third-order valence-corrected chi connectivity index (χ3v) is 23.0. The van der Waals surface area contributed by atoms with E-state index in [0.717, 1.165) is 55.9 Å². The standard InChI is InChI=1S/C73H110F4N12O13/c1-12-45(4)60-69(99)82(7)46(5)64(94)89-34-30-54(89)67(97)84(9)56(41-47-21-14-13-15-22-47)66(96)81(6)43-58(90)78-52(29-27-48-26-28-50(51(74)40-48)73(75,76)77)65(95)88-33-20-25-53(88)63(93)80-72(31-18-19-32-72)71(101)86(11)61(49-23-16-17-24-49)70(100)85(10)57(68(98)87-35-37-102-38-36-87)42-59(91)83(8)55(39-44(2)3)62(92)79-60/h26,28,40,44-47,49,52-57,60-61H,12-25,27,29-39,41-43H2,1-11H3,(H,78,90)(H,79,92)(H,80,93)/t45-,46-,52-,53-,54-,55-,56-,57-,60-,61-/m0/s1. The third-order valence-electron chi connectivity index (χ3n) is 23.0. The first-order chi connectivity index (χ1) is 48.2. The molecule has 3 saturated carbocycles. The van der Waals surface area contributed by atoms with Crippen LogP contribution >= 0.6 is 0 Å². The Balaban J connectivity index is 1.18. The summed E-state index contributed by atoms with van der Waals surface area (Å²) < 4.78 is 61.9. The van der Waals surface area contributed by atoms with Crippen molar-refractivity contribution in [3.05, 3.63) is 35.1 Å². The van der Waals surface area contributed by atoms with Crippen LogP contribution in [0.25, 0.3) is 0 Å². The summed E-state index contributed by atoms with van der Waals surface area (Å²) in [6.45, 7) is 8.97. The molecule has 12 amide bonds. The fourth-order valence-electron chi connectivity index (χ4n) is 16.2. The van der Waals surface area contributed by atoms with E-state index in [1.54, 1.807) is 6.92 Å². The van der Waals surface area contributed by atoms with E-state index in [1.165, 1.54) is 88.4 Å². The molecule has 3 aliphatic carbocycles. The van der Waals surface area contributed by atoms with E-state index in [2.05, 4.69) is 16.0 Å². The van der Waals surface area contributed by atoms with Gasteiger partial charge in [-0.3, -0.25) is 57.5 Å². The molecule has 7 fully saturated rings. The molecule has 7 aliphatic rings. The maximum Gasteiger partial charge on any atom is 0.419 e. The minimum absolute atomic E-state index is 0.00388. The van der Waals surface area contributed by atoms with Crippen LogP contribution < -0.4 is 16.0 Å². The van der Waals surface area contributed by atoms with Gasteiger partial charge in [-0.2, -0.15) is 13.2 Å². The minimum atomic E-state index is -5.00. The van der Waals surface area contributed by atoms with Gasteiger partial charge < -0.3 is 64.8 Å². The van der Waals surface area contributed by atoms with Gasteiger partial charge in [-0.25, -0.2) is 4.39 Å². The Kier molecular flexibility index (Phi) is 27.4. The molecule has 0 bridgehead atoms. The molecule has 568 valence electrons. The smallest absolute Gasteiger partial charge is 0.378 e. The van der Waals surface area contributed by atoms with Gasteiger partial charge in [-0.15, -0.1) is 0 Å². The first-order valence-corrected chi connectivity index (χ1v) is 37.0. The molecule has 25 nitrogen and oxygen atoms in total. The highest BCUT2D eigenvalue weighted by atomic mass is 19.4. The summed E-state index contributed by atoms with van der Waals surface area (Å²) in [4.78, 5) is 192. The van der Waals surface area contributed by atoms with Gasteiger partial charge in [0.2, 0.25) is 70.9 Å². The summed E-state index contributed by atoms with van der Waals surface area (Å²) in [5.74, 6) is -10.6. The molecule has 10 atom stereocenters. The number of hydrogen-bond donors (Lipinski definition) is 3. The van der Waals surface area contributed by atoms with Crippen molar-refractivity contribution < 1.29 is 79.8 Å². The van der Waals surface area contributed by atoms with Crippen molar-refractivity contribution in [2.45, 2.75) is 242 Å². The molecule has 1 aromatic rings. The van der Waals surface area contributed by atoms with Gasteiger partial charge in [0.05, 0.1) is 31.7 Å². The van der Waals surface area contributed by atoms with Crippen LogP contribution in [0.2, 0.25) is 0 Å². The summed E-state index contributed by atoms with van der Waals surface area (Å²) in [5.41, 5.74) is -3.05. The second-order valence-electron chi connectivity index (χ2n) is 30.3. The highest BCUT2D eigenvalue weighted by Gasteiger charge is 2.52. The minimum Gasteiger partial charge on any atom is -0.378 e. The number of carbonyl (C=O) groups excluding carboxylic acids is 12. The number of halogens is 4. The molecule has 3 N–H and O–H groups in total. The summed E-state index contributed by atoms with van der Waals surface area (Å²) in [6, 6.07) is -8.87. The number of aryl methyl sites for hydroxylation is 1. The van der Waals surface area contributed by atoms with Crippen molar-refractivity contribution in [1.29, 1.82) is 0 Å². The molecule has 102 heavy (non-hydrogen) atoms. The largest absolute Gasteiger partial charge is 0.419 e. The number of benzene rings is 1. The molecule has 1 spiro atoms. The van der Waals surface area contributed by atoms with Crippen LogP contribution in [-0.2, 0) is 74.9 Å². The number of nitrogens with zero attached hydrogens (tertiary/aromatic N) is 9. The number of amides is 12. The van der Waals surface area contributed by atoms with E-state index in [4.69, 9.17) is 4.74 Å². The summed E-state index contributed by atoms with van der Waals surface area (Å²) >= 11 is 0. The lowest BCUT2D eigenvalue weighted by molar-refractivity contribution is -0.160. The van der Waals surface area contributed by atoms with Gasteiger partial charge in [0, 0.05) is 68.5 Å². The fourth-order valence-corrected chi connectivity index (χ4v) is 16.2. The van der Waals surface area contributed by atoms with Crippen molar-refractivity contribution in [2.75, 3.05) is 88.2 Å². The predicted molar refractivity (Wildman–Crippen MR) is 368 cm³/mol. The number of carbonyl (C=O) groups is 12. The Morgan fingerprint density at radius 2 is 1.28 bits per heavy atom. The Labute approximate surface area is 597 Å². The summed E-state index contributed by atoms with van der Waals surface area (Å²) in [5, 5.41) is 8.70. The number of rotatable bonds is 11. The Bertz CT molecular complexity index is 3230. The molecular weight excluding hydrogens is 1330 g/mol. The number of alkyl halides is 3. The quantitative estimate of drug-likeness (QED) is 0.249. The molecule has 4 aliphatic heterocycles. The van der Waals surface area contributed by atoms with Crippen LogP contribution in [0.5, 0.6) is 0 Å². The fraction of sp³-hybridized carbons (Fsp3) is 0.753. The first-order valence-electron chi connectivity index (χ1n) is 37.0. The molecule has 1 aromatic carbocycles. The lowest BCUT2D eigenvalue weighted by Crippen LogP contribution is -2.65. The van der Waals surface area contributed by atoms with Crippen LogP contribution in [-0.4, -0.2) is 263 Å². The van der Waals surface area contributed by atoms with Crippen LogP contribution in [0.15, 0.2) is 18.2 Å². The van der Waals surface area contributed by atoms with Gasteiger partial charge in [-0.1, -0.05) is 98.0 Å². The topological polar surface area (TPSA) is 279 Å².